The highest BCUT2D eigenvalue weighted by Crippen LogP contribution is 2.27. The van der Waals surface area contributed by atoms with E-state index in [-0.39, 0.29) is 5.91 Å². The van der Waals surface area contributed by atoms with Gasteiger partial charge in [-0.15, -0.1) is 0 Å². The molecule has 4 rings (SSSR count). The maximum Gasteiger partial charge on any atom is 0.251 e. The molecule has 0 bridgehead atoms. The average Bonchev–Trinajstić information content (AvgIpc) is 2.87. The largest absolute Gasteiger partial charge is 0.366 e. The van der Waals surface area contributed by atoms with Gasteiger partial charge in [-0.2, -0.15) is 0 Å². The zero-order valence-corrected chi connectivity index (χ0v) is 13.5. The van der Waals surface area contributed by atoms with Gasteiger partial charge in [0.2, 0.25) is 0 Å². The minimum Gasteiger partial charge on any atom is -0.366 e. The minimum atomic E-state index is -0.374. The molecule has 3 heteroatoms. The standard InChI is InChI=1S/C21H18N2O/c1-14-20(21(22)24)18-8-4-5-9-19(18)23(14)13-15-10-11-16-6-2-3-7-17(16)12-15/h2-12H,13H2,1H3,(H2,22,24). The van der Waals surface area contributed by atoms with Crippen molar-refractivity contribution >= 4 is 27.6 Å². The Balaban J connectivity index is 1.87. The number of carbonyl (C=O) groups is 1. The maximum absolute atomic E-state index is 11.9. The summed E-state index contributed by atoms with van der Waals surface area (Å²) in [5.74, 6) is -0.374. The molecule has 1 amide bonds. The molecule has 1 heterocycles. The molecule has 24 heavy (non-hydrogen) atoms. The third-order valence-corrected chi connectivity index (χ3v) is 4.63. The predicted molar refractivity (Wildman–Crippen MR) is 98.2 cm³/mol. The Labute approximate surface area is 140 Å². The summed E-state index contributed by atoms with van der Waals surface area (Å²) in [5, 5.41) is 3.37. The zero-order valence-electron chi connectivity index (χ0n) is 13.5. The molecular formula is C21H18N2O. The summed E-state index contributed by atoms with van der Waals surface area (Å²) in [4.78, 5) is 11.9. The fourth-order valence-electron chi connectivity index (χ4n) is 3.47. The topological polar surface area (TPSA) is 48.0 Å². The number of primary amides is 1. The van der Waals surface area contributed by atoms with Crippen molar-refractivity contribution in [2.75, 3.05) is 0 Å². The van der Waals surface area contributed by atoms with E-state index in [1.54, 1.807) is 0 Å². The van der Waals surface area contributed by atoms with Crippen LogP contribution in [-0.2, 0) is 6.54 Å². The molecule has 0 saturated carbocycles. The normalized spacial score (nSPS) is 11.2. The second-order valence-electron chi connectivity index (χ2n) is 6.11. The third-order valence-electron chi connectivity index (χ3n) is 4.63. The zero-order chi connectivity index (χ0) is 16.7. The van der Waals surface area contributed by atoms with Crippen molar-refractivity contribution in [1.82, 2.24) is 4.57 Å². The lowest BCUT2D eigenvalue weighted by Gasteiger charge is -2.10. The van der Waals surface area contributed by atoms with Crippen LogP contribution < -0.4 is 5.73 Å². The van der Waals surface area contributed by atoms with Crippen molar-refractivity contribution < 1.29 is 4.79 Å². The number of benzene rings is 3. The van der Waals surface area contributed by atoms with Crippen LogP contribution in [0.5, 0.6) is 0 Å². The number of rotatable bonds is 3. The highest BCUT2D eigenvalue weighted by molar-refractivity contribution is 6.07. The van der Waals surface area contributed by atoms with Gasteiger partial charge in [-0.25, -0.2) is 0 Å². The van der Waals surface area contributed by atoms with E-state index in [1.165, 1.54) is 16.3 Å². The van der Waals surface area contributed by atoms with E-state index in [4.69, 9.17) is 5.73 Å². The Bertz CT molecular complexity index is 1080. The SMILES string of the molecule is Cc1c(C(N)=O)c2ccccc2n1Cc1ccc2ccccc2c1. The van der Waals surface area contributed by atoms with Gasteiger partial charge >= 0.3 is 0 Å². The molecule has 0 saturated heterocycles. The highest BCUT2D eigenvalue weighted by atomic mass is 16.1. The monoisotopic (exact) mass is 314 g/mol. The van der Waals surface area contributed by atoms with Crippen LogP contribution in [0.4, 0.5) is 0 Å². The van der Waals surface area contributed by atoms with Crippen molar-refractivity contribution in [1.29, 1.82) is 0 Å². The van der Waals surface area contributed by atoms with Crippen LogP contribution in [0.1, 0.15) is 21.6 Å². The summed E-state index contributed by atoms with van der Waals surface area (Å²) in [6.07, 6.45) is 0. The second-order valence-corrected chi connectivity index (χ2v) is 6.11. The van der Waals surface area contributed by atoms with Gasteiger partial charge in [-0.3, -0.25) is 4.79 Å². The number of aromatic nitrogens is 1. The molecule has 2 N–H and O–H groups in total. The van der Waals surface area contributed by atoms with E-state index >= 15 is 0 Å². The van der Waals surface area contributed by atoms with Crippen LogP contribution in [0.2, 0.25) is 0 Å². The molecule has 3 nitrogen and oxygen atoms in total. The molecule has 118 valence electrons. The number of nitrogens with zero attached hydrogens (tertiary/aromatic N) is 1. The molecule has 3 aromatic carbocycles. The number of para-hydroxylation sites is 1. The van der Waals surface area contributed by atoms with Gasteiger partial charge in [-0.05, 0) is 35.4 Å². The molecular weight excluding hydrogens is 296 g/mol. The number of hydrogen-bond acceptors (Lipinski definition) is 1. The predicted octanol–water partition coefficient (Wildman–Crippen LogP) is 4.25. The van der Waals surface area contributed by atoms with Gasteiger partial charge in [0, 0.05) is 23.1 Å². The van der Waals surface area contributed by atoms with Crippen LogP contribution in [-0.4, -0.2) is 10.5 Å². The smallest absolute Gasteiger partial charge is 0.251 e. The van der Waals surface area contributed by atoms with Gasteiger partial charge < -0.3 is 10.3 Å². The van der Waals surface area contributed by atoms with Gasteiger partial charge in [0.05, 0.1) is 5.56 Å². The molecule has 1 aromatic heterocycles. The van der Waals surface area contributed by atoms with Crippen LogP contribution >= 0.6 is 0 Å². The fourth-order valence-corrected chi connectivity index (χ4v) is 3.47. The maximum atomic E-state index is 11.9. The van der Waals surface area contributed by atoms with Crippen molar-refractivity contribution in [3.63, 3.8) is 0 Å². The Morgan fingerprint density at radius 1 is 0.958 bits per heavy atom. The van der Waals surface area contributed by atoms with E-state index in [0.29, 0.717) is 12.1 Å². The second kappa shape index (κ2) is 5.53. The summed E-state index contributed by atoms with van der Waals surface area (Å²) < 4.78 is 2.17. The van der Waals surface area contributed by atoms with Crippen molar-refractivity contribution in [3.05, 3.63) is 83.6 Å². The Hall–Kier alpha value is -3.07. The van der Waals surface area contributed by atoms with Crippen LogP contribution in [0, 0.1) is 6.92 Å². The Morgan fingerprint density at radius 2 is 1.67 bits per heavy atom. The number of nitrogens with two attached hydrogens (primary N) is 1. The van der Waals surface area contributed by atoms with Crippen LogP contribution in [0.15, 0.2) is 66.7 Å². The van der Waals surface area contributed by atoms with E-state index in [0.717, 1.165) is 16.6 Å². The van der Waals surface area contributed by atoms with Gasteiger partial charge in [0.1, 0.15) is 0 Å². The quantitative estimate of drug-likeness (QED) is 0.604. The summed E-state index contributed by atoms with van der Waals surface area (Å²) in [7, 11) is 0. The van der Waals surface area contributed by atoms with Crippen molar-refractivity contribution in [2.45, 2.75) is 13.5 Å². The van der Waals surface area contributed by atoms with E-state index in [9.17, 15) is 4.79 Å². The molecule has 4 aromatic rings. The van der Waals surface area contributed by atoms with Gasteiger partial charge in [-0.1, -0.05) is 54.6 Å². The first-order chi connectivity index (χ1) is 11.6. The van der Waals surface area contributed by atoms with E-state index < -0.39 is 0 Å². The van der Waals surface area contributed by atoms with Crippen LogP contribution in [0.25, 0.3) is 21.7 Å². The Kier molecular flexibility index (Phi) is 3.35. The lowest BCUT2D eigenvalue weighted by atomic mass is 10.1. The number of fused-ring (bicyclic) bond motifs is 2. The summed E-state index contributed by atoms with van der Waals surface area (Å²) in [6.45, 7) is 2.67. The molecule has 0 unspecified atom stereocenters. The molecule has 0 radical (unpaired) electrons. The first-order valence-corrected chi connectivity index (χ1v) is 8.00. The summed E-state index contributed by atoms with van der Waals surface area (Å²) in [6, 6.07) is 22.7. The van der Waals surface area contributed by atoms with E-state index in [1.807, 2.05) is 43.3 Å². The minimum absolute atomic E-state index is 0.374. The first kappa shape index (κ1) is 14.5. The van der Waals surface area contributed by atoms with Crippen molar-refractivity contribution in [3.8, 4) is 0 Å². The lowest BCUT2D eigenvalue weighted by molar-refractivity contribution is 0.100. The van der Waals surface area contributed by atoms with Gasteiger partial charge in [0.25, 0.3) is 5.91 Å². The molecule has 0 atom stereocenters. The van der Waals surface area contributed by atoms with E-state index in [2.05, 4.69) is 34.9 Å². The lowest BCUT2D eigenvalue weighted by Crippen LogP contribution is -2.13. The first-order valence-electron chi connectivity index (χ1n) is 8.00. The van der Waals surface area contributed by atoms with Gasteiger partial charge in [0.15, 0.2) is 0 Å². The number of carbonyl (C=O) groups excluding carboxylic acids is 1. The van der Waals surface area contributed by atoms with Crippen molar-refractivity contribution in [2.24, 2.45) is 5.73 Å². The molecule has 0 aliphatic heterocycles. The third kappa shape index (κ3) is 2.26. The summed E-state index contributed by atoms with van der Waals surface area (Å²) >= 11 is 0. The number of hydrogen-bond donors (Lipinski definition) is 1. The van der Waals surface area contributed by atoms with Crippen LogP contribution in [0.3, 0.4) is 0 Å². The molecule has 0 aliphatic rings. The summed E-state index contributed by atoms with van der Waals surface area (Å²) in [5.41, 5.74) is 9.38. The number of amides is 1. The Morgan fingerprint density at radius 3 is 2.46 bits per heavy atom. The molecule has 0 aliphatic carbocycles. The average molecular weight is 314 g/mol. The highest BCUT2D eigenvalue weighted by Gasteiger charge is 2.17. The fraction of sp³-hybridized carbons (Fsp3) is 0.0952. The molecule has 0 fully saturated rings. The molecule has 0 spiro atoms.